The highest BCUT2D eigenvalue weighted by atomic mass is 16.5. The first-order chi connectivity index (χ1) is 7.27. The minimum absolute atomic E-state index is 0.0290. The maximum Gasteiger partial charge on any atom is 0.260 e. The van der Waals surface area contributed by atoms with Crippen molar-refractivity contribution in [1.29, 1.82) is 0 Å². The predicted molar refractivity (Wildman–Crippen MR) is 55.5 cm³/mol. The van der Waals surface area contributed by atoms with Crippen LogP contribution >= 0.6 is 0 Å². The van der Waals surface area contributed by atoms with E-state index in [1.54, 1.807) is 29.4 Å². The average molecular weight is 206 g/mol. The maximum absolute atomic E-state index is 11.6. The molecule has 1 aliphatic rings. The standard InChI is InChI=1S/C11H14N2O2/c1-13(9-4-5-9)11(14)8-15-10-3-2-6-12-7-10/h2-3,6-7,9H,4-5,8H2,1H3. The van der Waals surface area contributed by atoms with Gasteiger partial charge in [0.05, 0.1) is 6.20 Å². The number of aromatic nitrogens is 1. The fourth-order valence-corrected chi connectivity index (χ4v) is 1.34. The highest BCUT2D eigenvalue weighted by Gasteiger charge is 2.29. The lowest BCUT2D eigenvalue weighted by molar-refractivity contribution is -0.132. The molecule has 0 N–H and O–H groups in total. The SMILES string of the molecule is CN(C(=O)COc1cccnc1)C1CC1. The van der Waals surface area contributed by atoms with Crippen LogP contribution in [0.3, 0.4) is 0 Å². The molecule has 0 saturated heterocycles. The summed E-state index contributed by atoms with van der Waals surface area (Å²) in [6.07, 6.45) is 5.51. The summed E-state index contributed by atoms with van der Waals surface area (Å²) >= 11 is 0. The zero-order valence-electron chi connectivity index (χ0n) is 8.72. The van der Waals surface area contributed by atoms with Crippen molar-refractivity contribution >= 4 is 5.91 Å². The van der Waals surface area contributed by atoms with Crippen molar-refractivity contribution in [2.75, 3.05) is 13.7 Å². The van der Waals surface area contributed by atoms with Gasteiger partial charge in [0.2, 0.25) is 0 Å². The molecule has 4 nitrogen and oxygen atoms in total. The van der Waals surface area contributed by atoms with Gasteiger partial charge in [-0.2, -0.15) is 0 Å². The first-order valence-corrected chi connectivity index (χ1v) is 5.06. The quantitative estimate of drug-likeness (QED) is 0.740. The molecule has 0 unspecified atom stereocenters. The summed E-state index contributed by atoms with van der Waals surface area (Å²) in [6.45, 7) is 0.0959. The van der Waals surface area contributed by atoms with Crippen LogP contribution in [0.15, 0.2) is 24.5 Å². The minimum Gasteiger partial charge on any atom is -0.482 e. The molecule has 2 rings (SSSR count). The lowest BCUT2D eigenvalue weighted by Gasteiger charge is -2.16. The smallest absolute Gasteiger partial charge is 0.260 e. The Hall–Kier alpha value is -1.58. The summed E-state index contributed by atoms with van der Waals surface area (Å²) in [5.41, 5.74) is 0. The molecule has 0 bridgehead atoms. The number of amides is 1. The number of hydrogen-bond donors (Lipinski definition) is 0. The monoisotopic (exact) mass is 206 g/mol. The number of ether oxygens (including phenoxy) is 1. The van der Waals surface area contributed by atoms with Gasteiger partial charge in [0, 0.05) is 19.3 Å². The summed E-state index contributed by atoms with van der Waals surface area (Å²) < 4.78 is 5.31. The molecule has 0 atom stereocenters. The second kappa shape index (κ2) is 4.29. The Labute approximate surface area is 88.9 Å². The Balaban J connectivity index is 1.80. The third kappa shape index (κ3) is 2.68. The van der Waals surface area contributed by atoms with Crippen molar-refractivity contribution in [3.63, 3.8) is 0 Å². The molecule has 1 amide bonds. The van der Waals surface area contributed by atoms with Crippen LogP contribution in [0.4, 0.5) is 0 Å². The summed E-state index contributed by atoms with van der Waals surface area (Å²) in [7, 11) is 1.83. The van der Waals surface area contributed by atoms with Crippen molar-refractivity contribution in [3.05, 3.63) is 24.5 Å². The highest BCUT2D eigenvalue weighted by molar-refractivity contribution is 5.78. The Bertz CT molecular complexity index is 336. The van der Waals surface area contributed by atoms with Crippen molar-refractivity contribution in [1.82, 2.24) is 9.88 Å². The third-order valence-electron chi connectivity index (χ3n) is 2.48. The summed E-state index contributed by atoms with van der Waals surface area (Å²) in [5, 5.41) is 0. The van der Waals surface area contributed by atoms with Crippen LogP contribution < -0.4 is 4.74 Å². The highest BCUT2D eigenvalue weighted by Crippen LogP contribution is 2.25. The number of hydrogen-bond acceptors (Lipinski definition) is 3. The van der Waals surface area contributed by atoms with Crippen LogP contribution in [-0.2, 0) is 4.79 Å². The molecule has 15 heavy (non-hydrogen) atoms. The van der Waals surface area contributed by atoms with Gasteiger partial charge in [0.15, 0.2) is 6.61 Å². The number of nitrogens with zero attached hydrogens (tertiary/aromatic N) is 2. The molecule has 0 radical (unpaired) electrons. The lowest BCUT2D eigenvalue weighted by Crippen LogP contribution is -2.33. The van der Waals surface area contributed by atoms with E-state index in [9.17, 15) is 4.79 Å². The average Bonchev–Trinajstić information content (AvgIpc) is 3.10. The van der Waals surface area contributed by atoms with Crippen molar-refractivity contribution in [2.24, 2.45) is 0 Å². The van der Waals surface area contributed by atoms with Crippen LogP contribution in [0.2, 0.25) is 0 Å². The van der Waals surface area contributed by atoms with Gasteiger partial charge in [0.25, 0.3) is 5.91 Å². The number of rotatable bonds is 4. The van der Waals surface area contributed by atoms with Gasteiger partial charge >= 0.3 is 0 Å². The van der Waals surface area contributed by atoms with Gasteiger partial charge in [0.1, 0.15) is 5.75 Å². The van der Waals surface area contributed by atoms with Crippen molar-refractivity contribution in [2.45, 2.75) is 18.9 Å². The largest absolute Gasteiger partial charge is 0.482 e. The molecule has 4 heteroatoms. The van der Waals surface area contributed by atoms with E-state index in [4.69, 9.17) is 4.74 Å². The number of carbonyl (C=O) groups excluding carboxylic acids is 1. The van der Waals surface area contributed by atoms with Crippen molar-refractivity contribution < 1.29 is 9.53 Å². The molecular weight excluding hydrogens is 192 g/mol. The van der Waals surface area contributed by atoms with Crippen LogP contribution in [-0.4, -0.2) is 35.5 Å². The molecule has 0 spiro atoms. The zero-order valence-corrected chi connectivity index (χ0v) is 8.72. The third-order valence-corrected chi connectivity index (χ3v) is 2.48. The molecule has 1 aliphatic carbocycles. The Morgan fingerprint density at radius 3 is 3.07 bits per heavy atom. The summed E-state index contributed by atoms with van der Waals surface area (Å²) in [6, 6.07) is 4.01. The molecule has 1 aromatic heterocycles. The van der Waals surface area contributed by atoms with Gasteiger partial charge in [-0.05, 0) is 25.0 Å². The maximum atomic E-state index is 11.6. The summed E-state index contributed by atoms with van der Waals surface area (Å²) in [4.78, 5) is 17.2. The van der Waals surface area contributed by atoms with Gasteiger partial charge in [-0.3, -0.25) is 9.78 Å². The van der Waals surface area contributed by atoms with Crippen LogP contribution in [0.5, 0.6) is 5.75 Å². The number of pyridine rings is 1. The number of likely N-dealkylation sites (N-methyl/N-ethyl adjacent to an activating group) is 1. The van der Waals surface area contributed by atoms with E-state index in [0.717, 1.165) is 12.8 Å². The second-order valence-corrected chi connectivity index (χ2v) is 3.71. The first kappa shape index (κ1) is 9.96. The molecule has 1 aromatic rings. The topological polar surface area (TPSA) is 42.4 Å². The fourth-order valence-electron chi connectivity index (χ4n) is 1.34. The Kier molecular flexibility index (Phi) is 2.85. The van der Waals surface area contributed by atoms with Crippen LogP contribution in [0, 0.1) is 0 Å². The minimum atomic E-state index is 0.0290. The molecule has 1 heterocycles. The molecule has 0 aromatic carbocycles. The van der Waals surface area contributed by atoms with E-state index in [1.165, 1.54) is 0 Å². The molecular formula is C11H14N2O2. The van der Waals surface area contributed by atoms with E-state index in [1.807, 2.05) is 7.05 Å². The van der Waals surface area contributed by atoms with Crippen LogP contribution in [0.1, 0.15) is 12.8 Å². The van der Waals surface area contributed by atoms with E-state index < -0.39 is 0 Å². The summed E-state index contributed by atoms with van der Waals surface area (Å²) in [5.74, 6) is 0.663. The lowest BCUT2D eigenvalue weighted by atomic mass is 10.4. The molecule has 0 aliphatic heterocycles. The van der Waals surface area contributed by atoms with Gasteiger partial charge in [-0.1, -0.05) is 0 Å². The van der Waals surface area contributed by atoms with Crippen molar-refractivity contribution in [3.8, 4) is 5.75 Å². The van der Waals surface area contributed by atoms with E-state index >= 15 is 0 Å². The molecule has 1 fully saturated rings. The predicted octanol–water partition coefficient (Wildman–Crippen LogP) is 1.08. The Morgan fingerprint density at radius 1 is 1.67 bits per heavy atom. The Morgan fingerprint density at radius 2 is 2.47 bits per heavy atom. The number of carbonyl (C=O) groups is 1. The van der Waals surface area contributed by atoms with Gasteiger partial charge in [-0.25, -0.2) is 0 Å². The second-order valence-electron chi connectivity index (χ2n) is 3.71. The van der Waals surface area contributed by atoms with Gasteiger partial charge < -0.3 is 9.64 Å². The van der Waals surface area contributed by atoms with E-state index in [2.05, 4.69) is 4.98 Å². The first-order valence-electron chi connectivity index (χ1n) is 5.06. The van der Waals surface area contributed by atoms with Gasteiger partial charge in [-0.15, -0.1) is 0 Å². The molecule has 80 valence electrons. The van der Waals surface area contributed by atoms with E-state index in [0.29, 0.717) is 11.8 Å². The fraction of sp³-hybridized carbons (Fsp3) is 0.455. The van der Waals surface area contributed by atoms with Crippen LogP contribution in [0.25, 0.3) is 0 Å². The zero-order chi connectivity index (χ0) is 10.7. The normalized spacial score (nSPS) is 14.7. The van der Waals surface area contributed by atoms with E-state index in [-0.39, 0.29) is 12.5 Å². The molecule has 1 saturated carbocycles.